The molecule has 3 rings (SSSR count). The molecule has 0 aromatic heterocycles. The average Bonchev–Trinajstić information content (AvgIpc) is 3.04. The zero-order valence-corrected chi connectivity index (χ0v) is 15.5. The maximum atomic E-state index is 12.4. The van der Waals surface area contributed by atoms with E-state index in [1.807, 2.05) is 0 Å². The zero-order valence-electron chi connectivity index (χ0n) is 15.5. The second-order valence-corrected chi connectivity index (χ2v) is 6.50. The molecule has 0 aliphatic carbocycles. The third kappa shape index (κ3) is 5.02. The van der Waals surface area contributed by atoms with Crippen LogP contribution in [0.5, 0.6) is 0 Å². The molecule has 1 saturated heterocycles. The standard InChI is InChI=1S/C20H16F3N3O4/c21-20(22,23)11-24-18(29)13-2-1-3-14(10-13)25-19(30)12-4-6-15(7-5-12)26-16(27)8-9-17(26)28/h1-7,10H,8-9,11H2,(H,24,29)(H,25,30). The molecule has 7 nitrogen and oxygen atoms in total. The van der Waals surface area contributed by atoms with Gasteiger partial charge in [0.05, 0.1) is 5.69 Å². The first-order chi connectivity index (χ1) is 14.1. The van der Waals surface area contributed by atoms with Crippen molar-refractivity contribution in [1.29, 1.82) is 0 Å². The Balaban J connectivity index is 1.67. The highest BCUT2D eigenvalue weighted by Gasteiger charge is 2.30. The quantitative estimate of drug-likeness (QED) is 0.729. The number of alkyl halides is 3. The summed E-state index contributed by atoms with van der Waals surface area (Å²) in [6.45, 7) is -1.46. The minimum Gasteiger partial charge on any atom is -0.343 e. The Labute approximate surface area is 168 Å². The fourth-order valence-electron chi connectivity index (χ4n) is 2.85. The summed E-state index contributed by atoms with van der Waals surface area (Å²) in [5.74, 6) is -2.07. The summed E-state index contributed by atoms with van der Waals surface area (Å²) in [6, 6.07) is 11.3. The number of hydrogen-bond acceptors (Lipinski definition) is 4. The summed E-state index contributed by atoms with van der Waals surface area (Å²) in [5, 5.41) is 4.30. The number of halogens is 3. The Bertz CT molecular complexity index is 987. The van der Waals surface area contributed by atoms with E-state index in [2.05, 4.69) is 5.32 Å². The Hall–Kier alpha value is -3.69. The molecule has 1 aliphatic heterocycles. The Morgan fingerprint density at radius 3 is 2.13 bits per heavy atom. The van der Waals surface area contributed by atoms with Crippen molar-refractivity contribution in [2.75, 3.05) is 16.8 Å². The van der Waals surface area contributed by atoms with Crippen LogP contribution >= 0.6 is 0 Å². The van der Waals surface area contributed by atoms with Gasteiger partial charge in [-0.05, 0) is 42.5 Å². The second kappa shape index (κ2) is 8.36. The number of amides is 4. The van der Waals surface area contributed by atoms with Crippen LogP contribution in [0.3, 0.4) is 0 Å². The first-order valence-corrected chi connectivity index (χ1v) is 8.86. The molecule has 2 aromatic rings. The Morgan fingerprint density at radius 2 is 1.53 bits per heavy atom. The van der Waals surface area contributed by atoms with Gasteiger partial charge in [-0.25, -0.2) is 0 Å². The first kappa shape index (κ1) is 21.0. The molecule has 10 heteroatoms. The molecule has 1 heterocycles. The van der Waals surface area contributed by atoms with E-state index < -0.39 is 24.5 Å². The van der Waals surface area contributed by atoms with E-state index in [0.717, 1.165) is 4.90 Å². The van der Waals surface area contributed by atoms with Crippen LogP contribution in [0.2, 0.25) is 0 Å². The summed E-state index contributed by atoms with van der Waals surface area (Å²) in [4.78, 5) is 48.8. The maximum Gasteiger partial charge on any atom is 0.405 e. The molecule has 0 atom stereocenters. The van der Waals surface area contributed by atoms with Gasteiger partial charge in [0.2, 0.25) is 11.8 Å². The van der Waals surface area contributed by atoms with Crippen LogP contribution in [-0.2, 0) is 9.59 Å². The highest BCUT2D eigenvalue weighted by atomic mass is 19.4. The number of hydrogen-bond donors (Lipinski definition) is 2. The molecule has 4 amide bonds. The van der Waals surface area contributed by atoms with E-state index in [9.17, 15) is 32.3 Å². The third-order valence-corrected chi connectivity index (χ3v) is 4.27. The molecule has 0 radical (unpaired) electrons. The van der Waals surface area contributed by atoms with Gasteiger partial charge in [-0.3, -0.25) is 24.1 Å². The lowest BCUT2D eigenvalue weighted by Gasteiger charge is -2.14. The molecule has 0 bridgehead atoms. The van der Waals surface area contributed by atoms with Crippen molar-refractivity contribution >= 4 is 35.0 Å². The van der Waals surface area contributed by atoms with Crippen molar-refractivity contribution in [3.05, 3.63) is 59.7 Å². The number of rotatable bonds is 5. The number of benzene rings is 2. The molecule has 1 aliphatic rings. The highest BCUT2D eigenvalue weighted by molar-refractivity contribution is 6.20. The smallest absolute Gasteiger partial charge is 0.343 e. The number of carbonyl (C=O) groups is 4. The third-order valence-electron chi connectivity index (χ3n) is 4.27. The van der Waals surface area contributed by atoms with Crippen LogP contribution in [0.1, 0.15) is 33.6 Å². The van der Waals surface area contributed by atoms with E-state index in [0.29, 0.717) is 5.69 Å². The van der Waals surface area contributed by atoms with Gasteiger partial charge in [0.25, 0.3) is 11.8 Å². The molecule has 0 unspecified atom stereocenters. The SMILES string of the molecule is O=C(NCC(F)(F)F)c1cccc(NC(=O)c2ccc(N3C(=O)CCC3=O)cc2)c1. The van der Waals surface area contributed by atoms with Gasteiger partial charge in [0.1, 0.15) is 6.54 Å². The van der Waals surface area contributed by atoms with Gasteiger partial charge in [-0.1, -0.05) is 6.07 Å². The minimum atomic E-state index is -4.53. The van der Waals surface area contributed by atoms with Crippen LogP contribution in [0.25, 0.3) is 0 Å². The lowest BCUT2D eigenvalue weighted by Crippen LogP contribution is -2.33. The molecular formula is C20H16F3N3O4. The monoisotopic (exact) mass is 419 g/mol. The van der Waals surface area contributed by atoms with Crippen molar-refractivity contribution < 1.29 is 32.3 Å². The van der Waals surface area contributed by atoms with Crippen molar-refractivity contribution in [3.63, 3.8) is 0 Å². The number of nitrogens with one attached hydrogen (secondary N) is 2. The van der Waals surface area contributed by atoms with Crippen LogP contribution in [0, 0.1) is 0 Å². The van der Waals surface area contributed by atoms with E-state index >= 15 is 0 Å². The van der Waals surface area contributed by atoms with Gasteiger partial charge >= 0.3 is 6.18 Å². The summed E-state index contributed by atoms with van der Waals surface area (Å²) >= 11 is 0. The van der Waals surface area contributed by atoms with Crippen LogP contribution in [0.15, 0.2) is 48.5 Å². The fourth-order valence-corrected chi connectivity index (χ4v) is 2.85. The van der Waals surface area contributed by atoms with Crippen LogP contribution in [0.4, 0.5) is 24.5 Å². The number of nitrogens with zero attached hydrogens (tertiary/aromatic N) is 1. The van der Waals surface area contributed by atoms with Gasteiger partial charge in [-0.15, -0.1) is 0 Å². The largest absolute Gasteiger partial charge is 0.405 e. The van der Waals surface area contributed by atoms with Crippen molar-refractivity contribution in [2.45, 2.75) is 19.0 Å². The maximum absolute atomic E-state index is 12.4. The lowest BCUT2D eigenvalue weighted by molar-refractivity contribution is -0.123. The van der Waals surface area contributed by atoms with Gasteiger partial charge in [-0.2, -0.15) is 13.2 Å². The molecular weight excluding hydrogens is 403 g/mol. The summed E-state index contributed by atoms with van der Waals surface area (Å²) in [7, 11) is 0. The van der Waals surface area contributed by atoms with Crippen molar-refractivity contribution in [1.82, 2.24) is 5.32 Å². The van der Waals surface area contributed by atoms with Crippen molar-refractivity contribution in [2.24, 2.45) is 0 Å². The molecule has 156 valence electrons. The van der Waals surface area contributed by atoms with Crippen LogP contribution in [-0.4, -0.2) is 36.3 Å². The van der Waals surface area contributed by atoms with Gasteiger partial charge in [0.15, 0.2) is 0 Å². The van der Waals surface area contributed by atoms with E-state index in [-0.39, 0.29) is 41.5 Å². The lowest BCUT2D eigenvalue weighted by atomic mass is 10.1. The zero-order chi connectivity index (χ0) is 21.9. The summed E-state index contributed by atoms with van der Waals surface area (Å²) in [5.41, 5.74) is 0.763. The normalized spacial score (nSPS) is 14.0. The van der Waals surface area contributed by atoms with Gasteiger partial charge in [0, 0.05) is 29.7 Å². The Kier molecular flexibility index (Phi) is 5.86. The Morgan fingerprint density at radius 1 is 0.900 bits per heavy atom. The molecule has 30 heavy (non-hydrogen) atoms. The predicted octanol–water partition coefficient (Wildman–Crippen LogP) is 2.88. The fraction of sp³-hybridized carbons (Fsp3) is 0.200. The molecule has 0 spiro atoms. The van der Waals surface area contributed by atoms with Crippen molar-refractivity contribution in [3.8, 4) is 0 Å². The van der Waals surface area contributed by atoms with Crippen LogP contribution < -0.4 is 15.5 Å². The van der Waals surface area contributed by atoms with E-state index in [1.54, 1.807) is 5.32 Å². The highest BCUT2D eigenvalue weighted by Crippen LogP contribution is 2.23. The second-order valence-electron chi connectivity index (χ2n) is 6.50. The summed E-state index contributed by atoms with van der Waals surface area (Å²) in [6.07, 6.45) is -4.24. The molecule has 2 aromatic carbocycles. The number of carbonyl (C=O) groups excluding carboxylic acids is 4. The molecule has 2 N–H and O–H groups in total. The number of imide groups is 1. The predicted molar refractivity (Wildman–Crippen MR) is 101 cm³/mol. The first-order valence-electron chi connectivity index (χ1n) is 8.86. The van der Waals surface area contributed by atoms with Gasteiger partial charge < -0.3 is 10.6 Å². The minimum absolute atomic E-state index is 0.0431. The average molecular weight is 419 g/mol. The number of anilines is 2. The topological polar surface area (TPSA) is 95.6 Å². The van der Waals surface area contributed by atoms with E-state index in [1.165, 1.54) is 48.5 Å². The van der Waals surface area contributed by atoms with E-state index in [4.69, 9.17) is 0 Å². The molecule has 0 saturated carbocycles. The molecule has 1 fully saturated rings. The summed E-state index contributed by atoms with van der Waals surface area (Å²) < 4.78 is 36.7.